The number of fused-ring (bicyclic) bond motifs is 1. The van der Waals surface area contributed by atoms with Gasteiger partial charge in [-0.15, -0.1) is 0 Å². The van der Waals surface area contributed by atoms with E-state index in [9.17, 15) is 14.3 Å². The van der Waals surface area contributed by atoms with E-state index in [1.165, 1.54) is 6.07 Å². The molecule has 2 atom stereocenters. The van der Waals surface area contributed by atoms with Gasteiger partial charge in [-0.05, 0) is 61.6 Å². The summed E-state index contributed by atoms with van der Waals surface area (Å²) in [6.07, 6.45) is 3.11. The van der Waals surface area contributed by atoms with Crippen molar-refractivity contribution in [2.24, 2.45) is 0 Å². The van der Waals surface area contributed by atoms with Crippen molar-refractivity contribution in [3.05, 3.63) is 53.8 Å². The summed E-state index contributed by atoms with van der Waals surface area (Å²) < 4.78 is 20.2. The number of para-hydroxylation sites is 1. The van der Waals surface area contributed by atoms with Gasteiger partial charge in [0.2, 0.25) is 5.91 Å². The number of β-amino-alcohol motifs (C(OH)–C–C–N with tert-alkyl or cyclic N) is 1. The zero-order valence-corrected chi connectivity index (χ0v) is 18.2. The molecule has 0 radical (unpaired) electrons. The molecule has 0 spiro atoms. The largest absolute Gasteiger partial charge is 0.488 e. The smallest absolute Gasteiger partial charge is 0.224 e. The predicted octanol–water partition coefficient (Wildman–Crippen LogP) is 3.19. The third-order valence-corrected chi connectivity index (χ3v) is 6.99. The molecule has 2 aromatic carbocycles. The monoisotopic (exact) mass is 439 g/mol. The molecule has 2 aromatic rings. The van der Waals surface area contributed by atoms with Crippen molar-refractivity contribution in [1.29, 1.82) is 0 Å². The molecule has 5 rings (SSSR count). The molecule has 3 aliphatic rings. The summed E-state index contributed by atoms with van der Waals surface area (Å²) in [6, 6.07) is 13.1. The molecule has 170 valence electrons. The molecule has 2 fully saturated rings. The van der Waals surface area contributed by atoms with Crippen LogP contribution < -0.4 is 15.0 Å². The Labute approximate surface area is 188 Å². The summed E-state index contributed by atoms with van der Waals surface area (Å²) in [5.41, 5.74) is 2.61. The molecule has 3 aliphatic heterocycles. The Kier molecular flexibility index (Phi) is 6.02. The summed E-state index contributed by atoms with van der Waals surface area (Å²) in [5.74, 6) is 0.633. The van der Waals surface area contributed by atoms with Crippen LogP contribution in [0.1, 0.15) is 31.2 Å². The third-order valence-electron chi connectivity index (χ3n) is 6.99. The molecule has 0 aliphatic carbocycles. The zero-order chi connectivity index (χ0) is 22.1. The number of carbonyl (C=O) groups excluding carboxylic acids is 1. The van der Waals surface area contributed by atoms with Gasteiger partial charge >= 0.3 is 0 Å². The maximum atomic E-state index is 14.1. The summed E-state index contributed by atoms with van der Waals surface area (Å²) in [6.45, 7) is 3.12. The number of hydrogen-bond acceptors (Lipinski definition) is 5. The van der Waals surface area contributed by atoms with Crippen LogP contribution in [0.5, 0.6) is 5.75 Å². The molecule has 0 aromatic heterocycles. The van der Waals surface area contributed by atoms with Crippen LogP contribution in [0.2, 0.25) is 0 Å². The molecular weight excluding hydrogens is 409 g/mol. The van der Waals surface area contributed by atoms with Crippen LogP contribution in [0.15, 0.2) is 42.5 Å². The van der Waals surface area contributed by atoms with Crippen molar-refractivity contribution in [3.63, 3.8) is 0 Å². The fraction of sp³-hybridized carbons (Fsp3) is 0.480. The predicted molar refractivity (Wildman–Crippen MR) is 122 cm³/mol. The Morgan fingerprint density at radius 1 is 1.03 bits per heavy atom. The van der Waals surface area contributed by atoms with Crippen LogP contribution in [0.4, 0.5) is 15.8 Å². The topological polar surface area (TPSA) is 65.0 Å². The molecule has 6 nitrogen and oxygen atoms in total. The lowest BCUT2D eigenvalue weighted by atomic mass is 9.97. The number of aliphatic hydroxyl groups excluding tert-OH is 1. The van der Waals surface area contributed by atoms with E-state index in [2.05, 4.69) is 15.1 Å². The molecule has 2 saturated heterocycles. The van der Waals surface area contributed by atoms with Crippen LogP contribution >= 0.6 is 0 Å². The second-order valence-electron chi connectivity index (χ2n) is 9.04. The first-order valence-electron chi connectivity index (χ1n) is 11.6. The maximum absolute atomic E-state index is 14.1. The Bertz CT molecular complexity index is 977. The van der Waals surface area contributed by atoms with E-state index >= 15 is 0 Å². The number of rotatable bonds is 4. The van der Waals surface area contributed by atoms with Crippen molar-refractivity contribution >= 4 is 17.3 Å². The van der Waals surface area contributed by atoms with Gasteiger partial charge in [0.25, 0.3) is 0 Å². The lowest BCUT2D eigenvalue weighted by molar-refractivity contribution is -0.116. The van der Waals surface area contributed by atoms with E-state index in [1.807, 2.05) is 30.3 Å². The van der Waals surface area contributed by atoms with Crippen LogP contribution in [0.25, 0.3) is 0 Å². The van der Waals surface area contributed by atoms with E-state index < -0.39 is 6.10 Å². The van der Waals surface area contributed by atoms with Gasteiger partial charge < -0.3 is 20.1 Å². The fourth-order valence-corrected chi connectivity index (χ4v) is 5.19. The highest BCUT2D eigenvalue weighted by Crippen LogP contribution is 2.30. The number of likely N-dealkylation sites (tertiary alicyclic amines) is 1. The third kappa shape index (κ3) is 4.45. The Morgan fingerprint density at radius 3 is 2.62 bits per heavy atom. The van der Waals surface area contributed by atoms with E-state index in [0.29, 0.717) is 31.1 Å². The molecule has 7 heteroatoms. The summed E-state index contributed by atoms with van der Waals surface area (Å²) >= 11 is 0. The number of aryl methyl sites for hydroxylation is 1. The number of nitrogens with zero attached hydrogens (tertiary/aromatic N) is 2. The SMILES string of the molecule is O=C1CCc2cc(O[C@@H]3CCN(C4CCN(c5ccccc5F)CC4)C[C@H]3O)ccc2N1. The highest BCUT2D eigenvalue weighted by molar-refractivity contribution is 5.94. The summed E-state index contributed by atoms with van der Waals surface area (Å²) in [7, 11) is 0. The second kappa shape index (κ2) is 9.08. The van der Waals surface area contributed by atoms with Crippen molar-refractivity contribution < 1.29 is 19.0 Å². The number of anilines is 2. The first kappa shape index (κ1) is 21.2. The highest BCUT2D eigenvalue weighted by atomic mass is 19.1. The molecule has 1 amide bonds. The van der Waals surface area contributed by atoms with Gasteiger partial charge in [0.1, 0.15) is 23.8 Å². The number of carbonyl (C=O) groups is 1. The summed E-state index contributed by atoms with van der Waals surface area (Å²) in [5, 5.41) is 13.7. The Hall–Kier alpha value is -2.64. The van der Waals surface area contributed by atoms with Crippen molar-refractivity contribution in [1.82, 2.24) is 4.90 Å². The van der Waals surface area contributed by atoms with Crippen molar-refractivity contribution in [2.45, 2.75) is 50.4 Å². The molecule has 0 unspecified atom stereocenters. The lowest BCUT2D eigenvalue weighted by Gasteiger charge is -2.43. The van der Waals surface area contributed by atoms with Gasteiger partial charge in [-0.2, -0.15) is 0 Å². The van der Waals surface area contributed by atoms with E-state index in [4.69, 9.17) is 4.74 Å². The summed E-state index contributed by atoms with van der Waals surface area (Å²) in [4.78, 5) is 16.0. The molecular formula is C25H30FN3O3. The van der Waals surface area contributed by atoms with Gasteiger partial charge in [-0.25, -0.2) is 4.39 Å². The minimum atomic E-state index is -0.552. The van der Waals surface area contributed by atoms with Crippen molar-refractivity contribution in [3.8, 4) is 5.75 Å². The zero-order valence-electron chi connectivity index (χ0n) is 18.2. The van der Waals surface area contributed by atoms with Gasteiger partial charge in [-0.3, -0.25) is 9.69 Å². The van der Waals surface area contributed by atoms with Crippen LogP contribution in [-0.2, 0) is 11.2 Å². The quantitative estimate of drug-likeness (QED) is 0.766. The van der Waals surface area contributed by atoms with E-state index in [-0.39, 0.29) is 17.8 Å². The van der Waals surface area contributed by atoms with Crippen LogP contribution in [0.3, 0.4) is 0 Å². The highest BCUT2D eigenvalue weighted by Gasteiger charge is 2.34. The van der Waals surface area contributed by atoms with Gasteiger partial charge in [0.15, 0.2) is 0 Å². The number of piperidine rings is 2. The van der Waals surface area contributed by atoms with Gasteiger partial charge in [0, 0.05) is 44.3 Å². The number of hydrogen-bond donors (Lipinski definition) is 2. The average molecular weight is 440 g/mol. The minimum Gasteiger partial charge on any atom is -0.488 e. The number of ether oxygens (including phenoxy) is 1. The normalized spacial score (nSPS) is 24.7. The van der Waals surface area contributed by atoms with E-state index in [0.717, 1.165) is 55.9 Å². The molecule has 32 heavy (non-hydrogen) atoms. The number of nitrogens with one attached hydrogen (secondary N) is 1. The van der Waals surface area contributed by atoms with Crippen LogP contribution in [-0.4, -0.2) is 60.3 Å². The number of benzene rings is 2. The maximum Gasteiger partial charge on any atom is 0.224 e. The number of amides is 1. The van der Waals surface area contributed by atoms with E-state index in [1.54, 1.807) is 6.07 Å². The van der Waals surface area contributed by atoms with Crippen molar-refractivity contribution in [2.75, 3.05) is 36.4 Å². The van der Waals surface area contributed by atoms with Gasteiger partial charge in [0.05, 0.1) is 5.69 Å². The van der Waals surface area contributed by atoms with Gasteiger partial charge in [-0.1, -0.05) is 12.1 Å². The first-order chi connectivity index (χ1) is 15.6. The Balaban J connectivity index is 1.14. The Morgan fingerprint density at radius 2 is 1.84 bits per heavy atom. The molecule has 3 heterocycles. The average Bonchev–Trinajstić information content (AvgIpc) is 2.81. The molecule has 0 bridgehead atoms. The fourth-order valence-electron chi connectivity index (χ4n) is 5.19. The van der Waals surface area contributed by atoms with Crippen LogP contribution in [0, 0.1) is 5.82 Å². The standard InChI is InChI=1S/C25H30FN3O3/c26-20-3-1-2-4-22(20)28-12-9-18(10-13-28)29-14-11-24(23(30)16-29)32-19-6-7-21-17(15-19)5-8-25(31)27-21/h1-4,6-7,15,18,23-24,30H,5,8-14,16H2,(H,27,31)/t23-,24-/m1/s1. The first-order valence-corrected chi connectivity index (χ1v) is 11.6. The minimum absolute atomic E-state index is 0.0497. The molecule has 0 saturated carbocycles. The number of aliphatic hydroxyl groups is 1. The second-order valence-corrected chi connectivity index (χ2v) is 9.04. The molecule has 2 N–H and O–H groups in total. The number of halogens is 1. The lowest BCUT2D eigenvalue weighted by Crippen LogP contribution is -2.54.